The van der Waals surface area contributed by atoms with Crippen molar-refractivity contribution in [3.63, 3.8) is 0 Å². The van der Waals surface area contributed by atoms with Gasteiger partial charge in [0, 0.05) is 49.3 Å². The Morgan fingerprint density at radius 1 is 1.13 bits per heavy atom. The number of rotatable bonds is 9. The summed E-state index contributed by atoms with van der Waals surface area (Å²) in [4.78, 5) is 45.3. The lowest BCUT2D eigenvalue weighted by Crippen LogP contribution is -2.38. The van der Waals surface area contributed by atoms with Gasteiger partial charge in [-0.25, -0.2) is 9.37 Å². The molecule has 0 fully saturated rings. The van der Waals surface area contributed by atoms with Gasteiger partial charge in [0.25, 0.3) is 17.4 Å². The van der Waals surface area contributed by atoms with Gasteiger partial charge in [-0.05, 0) is 47.5 Å². The standard InChI is InChI=1S/C26H24ClFN6O4/c1-34-21(8-10-31-34)25(36)33-23(15-3-5-17(27)6-4-15)26(37)32-22-11-16(7-9-29-22)20(14-38-2)19-12-18(28)13-30-24(19)35/h3-13,20,23H,14H2,1-2H3,(H,30,35)(H,33,36)(H,29,32,37)/t20-,23+/m1/s1. The molecule has 0 radical (unpaired) electrons. The van der Waals surface area contributed by atoms with E-state index >= 15 is 0 Å². The molecular weight excluding hydrogens is 515 g/mol. The van der Waals surface area contributed by atoms with E-state index in [0.29, 0.717) is 16.1 Å². The fourth-order valence-electron chi connectivity index (χ4n) is 3.95. The zero-order chi connectivity index (χ0) is 27.2. The molecule has 1 aromatic carbocycles. The number of ether oxygens (including phenoxy) is 1. The largest absolute Gasteiger partial charge is 0.384 e. The minimum atomic E-state index is -1.10. The van der Waals surface area contributed by atoms with Crippen molar-refractivity contribution < 1.29 is 18.7 Å². The molecule has 2 atom stereocenters. The van der Waals surface area contributed by atoms with Crippen molar-refractivity contribution >= 4 is 29.2 Å². The minimum Gasteiger partial charge on any atom is -0.384 e. The predicted octanol–water partition coefficient (Wildman–Crippen LogP) is 3.18. The van der Waals surface area contributed by atoms with E-state index in [1.165, 1.54) is 30.3 Å². The second-order valence-corrected chi connectivity index (χ2v) is 8.81. The number of methoxy groups -OCH3 is 1. The lowest BCUT2D eigenvalue weighted by atomic mass is 9.93. The molecule has 3 aromatic heterocycles. The Kier molecular flexibility index (Phi) is 8.29. The van der Waals surface area contributed by atoms with Gasteiger partial charge in [0.15, 0.2) is 0 Å². The number of benzene rings is 1. The molecule has 3 N–H and O–H groups in total. The van der Waals surface area contributed by atoms with Crippen molar-refractivity contribution in [2.24, 2.45) is 7.05 Å². The maximum Gasteiger partial charge on any atom is 0.270 e. The highest BCUT2D eigenvalue weighted by Crippen LogP contribution is 2.25. The van der Waals surface area contributed by atoms with E-state index in [0.717, 1.165) is 12.3 Å². The highest BCUT2D eigenvalue weighted by Gasteiger charge is 2.26. The van der Waals surface area contributed by atoms with Crippen LogP contribution in [0.3, 0.4) is 0 Å². The summed E-state index contributed by atoms with van der Waals surface area (Å²) >= 11 is 6.01. The van der Waals surface area contributed by atoms with Crippen molar-refractivity contribution in [1.82, 2.24) is 25.1 Å². The molecule has 0 unspecified atom stereocenters. The van der Waals surface area contributed by atoms with E-state index in [4.69, 9.17) is 16.3 Å². The average Bonchev–Trinajstić information content (AvgIpc) is 3.34. The van der Waals surface area contributed by atoms with Gasteiger partial charge in [-0.15, -0.1) is 0 Å². The summed E-state index contributed by atoms with van der Waals surface area (Å²) < 4.78 is 20.6. The van der Waals surface area contributed by atoms with Crippen molar-refractivity contribution in [2.45, 2.75) is 12.0 Å². The Balaban J connectivity index is 1.63. The fraction of sp³-hybridized carbons (Fsp3) is 0.192. The Morgan fingerprint density at radius 3 is 2.58 bits per heavy atom. The van der Waals surface area contributed by atoms with Crippen LogP contribution in [0.4, 0.5) is 10.2 Å². The van der Waals surface area contributed by atoms with Crippen LogP contribution in [0, 0.1) is 5.82 Å². The first kappa shape index (κ1) is 26.7. The van der Waals surface area contributed by atoms with E-state index in [1.807, 2.05) is 0 Å². The van der Waals surface area contributed by atoms with Gasteiger partial charge in [-0.3, -0.25) is 19.1 Å². The molecule has 3 heterocycles. The van der Waals surface area contributed by atoms with Gasteiger partial charge in [-0.2, -0.15) is 5.10 Å². The lowest BCUT2D eigenvalue weighted by Gasteiger charge is -2.20. The van der Waals surface area contributed by atoms with Crippen LogP contribution in [-0.2, 0) is 16.6 Å². The van der Waals surface area contributed by atoms with E-state index in [2.05, 4.69) is 25.7 Å². The molecule has 0 bridgehead atoms. The maximum absolute atomic E-state index is 13.9. The first-order valence-electron chi connectivity index (χ1n) is 11.4. The smallest absolute Gasteiger partial charge is 0.270 e. The third-order valence-electron chi connectivity index (χ3n) is 5.84. The number of H-pyrrole nitrogens is 1. The molecule has 196 valence electrons. The van der Waals surface area contributed by atoms with Gasteiger partial charge in [0.05, 0.1) is 6.61 Å². The Hall–Kier alpha value is -4.35. The summed E-state index contributed by atoms with van der Waals surface area (Å²) in [5.74, 6) is -2.14. The number of halogens is 2. The monoisotopic (exact) mass is 538 g/mol. The second kappa shape index (κ2) is 11.8. The van der Waals surface area contributed by atoms with Gasteiger partial charge >= 0.3 is 0 Å². The molecule has 0 aliphatic carbocycles. The van der Waals surface area contributed by atoms with Gasteiger partial charge in [0.2, 0.25) is 0 Å². The van der Waals surface area contributed by atoms with Crippen LogP contribution in [0.1, 0.15) is 39.1 Å². The molecule has 0 saturated heterocycles. The van der Waals surface area contributed by atoms with Crippen LogP contribution < -0.4 is 16.2 Å². The summed E-state index contributed by atoms with van der Waals surface area (Å²) in [5, 5.41) is 9.90. The number of carbonyl (C=O) groups is 2. The van der Waals surface area contributed by atoms with Crippen LogP contribution in [0.25, 0.3) is 0 Å². The summed E-state index contributed by atoms with van der Waals surface area (Å²) in [5.41, 5.74) is 1.02. The summed E-state index contributed by atoms with van der Waals surface area (Å²) in [6.45, 7) is 0.0814. The van der Waals surface area contributed by atoms with Crippen molar-refractivity contribution in [1.29, 1.82) is 0 Å². The van der Waals surface area contributed by atoms with Crippen LogP contribution in [-0.4, -0.2) is 45.3 Å². The number of amides is 2. The molecule has 2 amide bonds. The summed E-state index contributed by atoms with van der Waals surface area (Å²) in [6.07, 6.45) is 3.90. The predicted molar refractivity (Wildman–Crippen MR) is 138 cm³/mol. The number of hydrogen-bond donors (Lipinski definition) is 3. The third-order valence-corrected chi connectivity index (χ3v) is 6.09. The quantitative estimate of drug-likeness (QED) is 0.300. The number of pyridine rings is 2. The number of hydrogen-bond acceptors (Lipinski definition) is 6. The number of aromatic nitrogens is 4. The molecular formula is C26H24ClFN6O4. The normalized spacial score (nSPS) is 12.5. The Morgan fingerprint density at radius 2 is 1.89 bits per heavy atom. The topological polar surface area (TPSA) is 131 Å². The number of aryl methyl sites for hydroxylation is 1. The van der Waals surface area contributed by atoms with Crippen molar-refractivity contribution in [3.8, 4) is 0 Å². The highest BCUT2D eigenvalue weighted by atomic mass is 35.5. The number of nitrogens with zero attached hydrogens (tertiary/aromatic N) is 3. The number of nitrogens with one attached hydrogen (secondary N) is 3. The van der Waals surface area contributed by atoms with Crippen LogP contribution in [0.15, 0.2) is 71.9 Å². The Labute approximate surface area is 221 Å². The van der Waals surface area contributed by atoms with Gasteiger partial charge in [0.1, 0.15) is 23.4 Å². The zero-order valence-corrected chi connectivity index (χ0v) is 21.2. The van der Waals surface area contributed by atoms with Gasteiger partial charge in [-0.1, -0.05) is 23.7 Å². The first-order valence-corrected chi connectivity index (χ1v) is 11.8. The van der Waals surface area contributed by atoms with Crippen LogP contribution in [0.5, 0.6) is 0 Å². The fourth-order valence-corrected chi connectivity index (χ4v) is 4.08. The SMILES string of the molecule is COC[C@H](c1ccnc(NC(=O)[C@@H](NC(=O)c2ccnn2C)c2ccc(Cl)cc2)c1)c1cc(F)c[nH]c1=O. The lowest BCUT2D eigenvalue weighted by molar-refractivity contribution is -0.118. The molecule has 4 rings (SSSR count). The molecule has 4 aromatic rings. The first-order chi connectivity index (χ1) is 18.3. The average molecular weight is 539 g/mol. The van der Waals surface area contributed by atoms with Crippen LogP contribution in [0.2, 0.25) is 5.02 Å². The molecule has 0 spiro atoms. The summed E-state index contributed by atoms with van der Waals surface area (Å²) in [6, 6.07) is 11.3. The number of anilines is 1. The molecule has 38 heavy (non-hydrogen) atoms. The highest BCUT2D eigenvalue weighted by molar-refractivity contribution is 6.30. The van der Waals surface area contributed by atoms with Crippen molar-refractivity contribution in [3.05, 3.63) is 111 Å². The zero-order valence-electron chi connectivity index (χ0n) is 20.4. The van der Waals surface area contributed by atoms with E-state index in [-0.39, 0.29) is 23.7 Å². The molecule has 0 saturated carbocycles. The maximum atomic E-state index is 13.9. The third kappa shape index (κ3) is 6.13. The van der Waals surface area contributed by atoms with E-state index in [9.17, 15) is 18.8 Å². The van der Waals surface area contributed by atoms with E-state index < -0.39 is 35.2 Å². The number of aromatic amines is 1. The van der Waals surface area contributed by atoms with Gasteiger partial charge < -0.3 is 20.4 Å². The molecule has 0 aliphatic heterocycles. The molecule has 0 aliphatic rings. The Bertz CT molecular complexity index is 1500. The summed E-state index contributed by atoms with van der Waals surface area (Å²) in [7, 11) is 3.08. The van der Waals surface area contributed by atoms with Crippen molar-refractivity contribution in [2.75, 3.05) is 19.0 Å². The molecule has 10 nitrogen and oxygen atoms in total. The van der Waals surface area contributed by atoms with E-state index in [1.54, 1.807) is 43.4 Å². The number of carbonyl (C=O) groups excluding carboxylic acids is 2. The second-order valence-electron chi connectivity index (χ2n) is 8.37. The minimum absolute atomic E-state index is 0.0814. The molecule has 12 heteroatoms. The van der Waals surface area contributed by atoms with Crippen LogP contribution >= 0.6 is 11.6 Å².